The summed E-state index contributed by atoms with van der Waals surface area (Å²) < 4.78 is 0. The maximum absolute atomic E-state index is 3.63. The van der Waals surface area contributed by atoms with Crippen molar-refractivity contribution in [3.63, 3.8) is 0 Å². The predicted octanol–water partition coefficient (Wildman–Crippen LogP) is 3.91. The Labute approximate surface area is 137 Å². The van der Waals surface area contributed by atoms with Crippen molar-refractivity contribution in [3.8, 4) is 0 Å². The van der Waals surface area contributed by atoms with Gasteiger partial charge in [-0.3, -0.25) is 4.90 Å². The third-order valence-corrected chi connectivity index (χ3v) is 7.79. The summed E-state index contributed by atoms with van der Waals surface area (Å²) in [6.07, 6.45) is 12.3. The van der Waals surface area contributed by atoms with Gasteiger partial charge in [0.1, 0.15) is 0 Å². The van der Waals surface area contributed by atoms with E-state index in [0.717, 1.165) is 35.1 Å². The molecule has 126 valence electrons. The van der Waals surface area contributed by atoms with Crippen molar-refractivity contribution in [3.05, 3.63) is 0 Å². The zero-order chi connectivity index (χ0) is 15.2. The molecule has 0 spiro atoms. The van der Waals surface area contributed by atoms with E-state index in [-0.39, 0.29) is 0 Å². The first-order valence-corrected chi connectivity index (χ1v) is 10.1. The molecule has 2 atom stereocenters. The van der Waals surface area contributed by atoms with Gasteiger partial charge in [0.05, 0.1) is 0 Å². The molecule has 1 N–H and O–H groups in total. The maximum atomic E-state index is 3.63. The van der Waals surface area contributed by atoms with Gasteiger partial charge in [-0.05, 0) is 80.6 Å². The van der Waals surface area contributed by atoms with Gasteiger partial charge in [0, 0.05) is 25.7 Å². The first-order valence-electron chi connectivity index (χ1n) is 10.1. The highest BCUT2D eigenvalue weighted by molar-refractivity contribution is 5.01. The number of hydrogen-bond donors (Lipinski definition) is 1. The van der Waals surface area contributed by atoms with Gasteiger partial charge in [0.2, 0.25) is 0 Å². The highest BCUT2D eigenvalue weighted by atomic mass is 15.2. The Morgan fingerprint density at radius 1 is 1.09 bits per heavy atom. The Morgan fingerprint density at radius 3 is 2.32 bits per heavy atom. The molecule has 1 aliphatic heterocycles. The quantitative estimate of drug-likeness (QED) is 0.828. The molecule has 1 heterocycles. The topological polar surface area (TPSA) is 15.3 Å². The van der Waals surface area contributed by atoms with E-state index >= 15 is 0 Å². The number of nitrogens with one attached hydrogen (secondary N) is 1. The molecule has 0 amide bonds. The third kappa shape index (κ3) is 2.86. The number of nitrogens with zero attached hydrogens (tertiary/aromatic N) is 1. The van der Waals surface area contributed by atoms with Crippen LogP contribution in [-0.2, 0) is 0 Å². The maximum Gasteiger partial charge on any atom is 0.0246 e. The van der Waals surface area contributed by atoms with Crippen LogP contribution in [0.25, 0.3) is 0 Å². The normalized spacial score (nSPS) is 46.1. The molecule has 4 bridgehead atoms. The molecule has 4 saturated carbocycles. The van der Waals surface area contributed by atoms with E-state index in [9.17, 15) is 0 Å². The van der Waals surface area contributed by atoms with E-state index in [2.05, 4.69) is 24.1 Å². The molecule has 1 unspecified atom stereocenters. The highest BCUT2D eigenvalue weighted by Gasteiger charge is 2.50. The van der Waals surface area contributed by atoms with E-state index in [1.807, 2.05) is 0 Å². The van der Waals surface area contributed by atoms with E-state index in [4.69, 9.17) is 0 Å². The van der Waals surface area contributed by atoms with E-state index in [0.29, 0.717) is 0 Å². The Kier molecular flexibility index (Phi) is 4.28. The molecule has 5 fully saturated rings. The number of hydrogen-bond acceptors (Lipinski definition) is 2. The molecule has 2 nitrogen and oxygen atoms in total. The van der Waals surface area contributed by atoms with Crippen molar-refractivity contribution < 1.29 is 0 Å². The predicted molar refractivity (Wildman–Crippen MR) is 92.9 cm³/mol. The van der Waals surface area contributed by atoms with Crippen LogP contribution in [0, 0.1) is 29.1 Å². The number of rotatable bonds is 5. The monoisotopic (exact) mass is 304 g/mol. The smallest absolute Gasteiger partial charge is 0.0246 e. The molecule has 2 heteroatoms. The Balaban J connectivity index is 1.39. The van der Waals surface area contributed by atoms with Crippen LogP contribution in [-0.4, -0.2) is 37.1 Å². The standard InChI is InChI=1S/C20H36N2/c1-3-15(2)19-14-21-5-7-22(19)6-4-20-11-16-8-17(12-20)10-18(9-16)13-20/h15-19,21H,3-14H2,1-2H3/t15?,16?,17?,18?,19-,20?/m1/s1. The summed E-state index contributed by atoms with van der Waals surface area (Å²) >= 11 is 0. The lowest BCUT2D eigenvalue weighted by Crippen LogP contribution is -2.55. The molecule has 5 aliphatic rings. The SMILES string of the molecule is CCC(C)[C@H]1CNCCN1CCC12CC3CC(CC(C3)C1)C2. The van der Waals surface area contributed by atoms with Crippen molar-refractivity contribution in [1.29, 1.82) is 0 Å². The van der Waals surface area contributed by atoms with Crippen molar-refractivity contribution in [2.75, 3.05) is 26.2 Å². The summed E-state index contributed by atoms with van der Waals surface area (Å²) in [6, 6.07) is 0.785. The molecule has 0 aromatic carbocycles. The summed E-state index contributed by atoms with van der Waals surface area (Å²) in [5, 5.41) is 3.63. The number of piperazine rings is 1. The van der Waals surface area contributed by atoms with Gasteiger partial charge < -0.3 is 5.32 Å². The molecule has 5 rings (SSSR count). The lowest BCUT2D eigenvalue weighted by molar-refractivity contribution is -0.0640. The van der Waals surface area contributed by atoms with Crippen LogP contribution in [0.3, 0.4) is 0 Å². The summed E-state index contributed by atoms with van der Waals surface area (Å²) in [5.41, 5.74) is 0.764. The van der Waals surface area contributed by atoms with Gasteiger partial charge in [0.25, 0.3) is 0 Å². The van der Waals surface area contributed by atoms with Gasteiger partial charge >= 0.3 is 0 Å². The summed E-state index contributed by atoms with van der Waals surface area (Å²) in [6.45, 7) is 9.89. The van der Waals surface area contributed by atoms with Crippen molar-refractivity contribution in [2.24, 2.45) is 29.1 Å². The second kappa shape index (κ2) is 6.09. The first-order chi connectivity index (χ1) is 10.7. The molecule has 0 aromatic rings. The molecule has 0 aromatic heterocycles. The van der Waals surface area contributed by atoms with Crippen LogP contribution >= 0.6 is 0 Å². The van der Waals surface area contributed by atoms with Gasteiger partial charge in [-0.15, -0.1) is 0 Å². The van der Waals surface area contributed by atoms with Crippen LogP contribution in [0.2, 0.25) is 0 Å². The van der Waals surface area contributed by atoms with E-state index in [1.165, 1.54) is 39.0 Å². The fourth-order valence-electron chi connectivity index (χ4n) is 6.86. The molecular weight excluding hydrogens is 268 g/mol. The van der Waals surface area contributed by atoms with Gasteiger partial charge in [-0.2, -0.15) is 0 Å². The minimum Gasteiger partial charge on any atom is -0.314 e. The van der Waals surface area contributed by atoms with Crippen molar-refractivity contribution in [2.45, 2.75) is 71.3 Å². The average Bonchev–Trinajstić information content (AvgIpc) is 2.51. The van der Waals surface area contributed by atoms with Crippen LogP contribution in [0.5, 0.6) is 0 Å². The largest absolute Gasteiger partial charge is 0.314 e. The minimum absolute atomic E-state index is 0.764. The van der Waals surface area contributed by atoms with Crippen molar-refractivity contribution >= 4 is 0 Å². The second-order valence-corrected chi connectivity index (χ2v) is 9.36. The fourth-order valence-corrected chi connectivity index (χ4v) is 6.86. The third-order valence-electron chi connectivity index (χ3n) is 7.79. The Morgan fingerprint density at radius 2 is 1.73 bits per heavy atom. The fraction of sp³-hybridized carbons (Fsp3) is 1.00. The lowest BCUT2D eigenvalue weighted by Gasteiger charge is -2.57. The van der Waals surface area contributed by atoms with E-state index in [1.54, 1.807) is 38.5 Å². The summed E-state index contributed by atoms with van der Waals surface area (Å²) in [4.78, 5) is 2.85. The Hall–Kier alpha value is -0.0800. The zero-order valence-corrected chi connectivity index (χ0v) is 14.8. The first kappa shape index (κ1) is 15.4. The van der Waals surface area contributed by atoms with E-state index < -0.39 is 0 Å². The zero-order valence-electron chi connectivity index (χ0n) is 14.8. The highest BCUT2D eigenvalue weighted by Crippen LogP contribution is 2.61. The molecule has 22 heavy (non-hydrogen) atoms. The lowest BCUT2D eigenvalue weighted by atomic mass is 9.49. The van der Waals surface area contributed by atoms with Crippen LogP contribution in [0.4, 0.5) is 0 Å². The molecule has 4 aliphatic carbocycles. The second-order valence-electron chi connectivity index (χ2n) is 9.36. The Bertz CT molecular complexity index is 356. The average molecular weight is 305 g/mol. The van der Waals surface area contributed by atoms with Crippen molar-refractivity contribution in [1.82, 2.24) is 10.2 Å². The van der Waals surface area contributed by atoms with Gasteiger partial charge in [-0.25, -0.2) is 0 Å². The van der Waals surface area contributed by atoms with Gasteiger partial charge in [0.15, 0.2) is 0 Å². The van der Waals surface area contributed by atoms with Gasteiger partial charge in [-0.1, -0.05) is 20.3 Å². The van der Waals surface area contributed by atoms with Crippen LogP contribution in [0.1, 0.15) is 65.2 Å². The molecular formula is C20H36N2. The summed E-state index contributed by atoms with van der Waals surface area (Å²) in [5.74, 6) is 4.17. The molecule has 1 saturated heterocycles. The molecule has 0 radical (unpaired) electrons. The van der Waals surface area contributed by atoms with Crippen LogP contribution in [0.15, 0.2) is 0 Å². The minimum atomic E-state index is 0.764. The summed E-state index contributed by atoms with van der Waals surface area (Å²) in [7, 11) is 0. The van der Waals surface area contributed by atoms with Crippen LogP contribution < -0.4 is 5.32 Å².